The van der Waals surface area contributed by atoms with Gasteiger partial charge in [0.25, 0.3) is 5.69 Å². The first-order valence-corrected chi connectivity index (χ1v) is 5.92. The van der Waals surface area contributed by atoms with Crippen molar-refractivity contribution in [2.45, 2.75) is 11.7 Å². The van der Waals surface area contributed by atoms with E-state index in [0.717, 1.165) is 18.2 Å². The Labute approximate surface area is 113 Å². The van der Waals surface area contributed by atoms with Crippen molar-refractivity contribution >= 4 is 35.9 Å². The summed E-state index contributed by atoms with van der Waals surface area (Å²) in [5.74, 6) is -1.52. The summed E-state index contributed by atoms with van der Waals surface area (Å²) in [5, 5.41) is 19.6. The van der Waals surface area contributed by atoms with E-state index in [2.05, 4.69) is 12.6 Å². The summed E-state index contributed by atoms with van der Waals surface area (Å²) in [6.45, 7) is 0.239. The molecule has 19 heavy (non-hydrogen) atoms. The molecule has 1 aromatic carbocycles. The first-order chi connectivity index (χ1) is 8.90. The molecule has 1 aromatic rings. The van der Waals surface area contributed by atoms with Gasteiger partial charge in [0, 0.05) is 30.3 Å². The number of hydrogen-bond acceptors (Lipinski definition) is 5. The molecular weight excluding hydrogens is 272 g/mol. The number of benzene rings is 1. The molecule has 0 aromatic heterocycles. The molecule has 1 N–H and O–H groups in total. The second-order valence-electron chi connectivity index (χ2n) is 4.13. The van der Waals surface area contributed by atoms with Crippen molar-refractivity contribution in [3.63, 3.8) is 0 Å². The highest BCUT2D eigenvalue weighted by atomic mass is 32.1. The topological polar surface area (TPSA) is 101 Å². The quantitative estimate of drug-likeness (QED) is 0.495. The maximum atomic E-state index is 11.8. The number of anilines is 1. The number of aromatic carboxylic acids is 1. The number of carboxylic acids is 1. The van der Waals surface area contributed by atoms with Gasteiger partial charge in [-0.1, -0.05) is 0 Å². The third-order valence-electron chi connectivity index (χ3n) is 2.82. The number of amides is 1. The smallest absolute Gasteiger partial charge is 0.337 e. The van der Waals surface area contributed by atoms with Gasteiger partial charge in [-0.15, -0.1) is 0 Å². The van der Waals surface area contributed by atoms with Gasteiger partial charge in [0.05, 0.1) is 16.2 Å². The second kappa shape index (κ2) is 4.88. The summed E-state index contributed by atoms with van der Waals surface area (Å²) >= 11 is 4.17. The van der Waals surface area contributed by atoms with E-state index in [-0.39, 0.29) is 41.1 Å². The second-order valence-corrected chi connectivity index (χ2v) is 4.86. The molecule has 1 heterocycles. The third-order valence-corrected chi connectivity index (χ3v) is 3.16. The number of hydrogen-bond donors (Lipinski definition) is 2. The molecule has 0 aliphatic carbocycles. The summed E-state index contributed by atoms with van der Waals surface area (Å²) < 4.78 is 0. The molecule has 100 valence electrons. The van der Waals surface area contributed by atoms with Crippen LogP contribution in [-0.2, 0) is 4.79 Å². The zero-order chi connectivity index (χ0) is 14.2. The van der Waals surface area contributed by atoms with Crippen molar-refractivity contribution in [2.75, 3.05) is 11.4 Å². The third kappa shape index (κ3) is 2.53. The highest BCUT2D eigenvalue weighted by molar-refractivity contribution is 7.81. The summed E-state index contributed by atoms with van der Waals surface area (Å²) in [4.78, 5) is 34.2. The van der Waals surface area contributed by atoms with Gasteiger partial charge in [-0.05, 0) is 6.07 Å². The van der Waals surface area contributed by atoms with E-state index in [0.29, 0.717) is 0 Å². The van der Waals surface area contributed by atoms with E-state index < -0.39 is 10.9 Å². The van der Waals surface area contributed by atoms with Crippen molar-refractivity contribution in [1.82, 2.24) is 0 Å². The lowest BCUT2D eigenvalue weighted by Gasteiger charge is -2.18. The monoisotopic (exact) mass is 282 g/mol. The standard InChI is InChI=1S/C11H10N2O5S/c14-10-4-7(19)5-12(10)9-3-6(13(17)18)1-2-8(9)11(15)16/h1-3,7,19H,4-5H2,(H,15,16). The Morgan fingerprint density at radius 1 is 1.53 bits per heavy atom. The summed E-state index contributed by atoms with van der Waals surface area (Å²) in [6.07, 6.45) is 0.185. The van der Waals surface area contributed by atoms with Gasteiger partial charge in [0.15, 0.2) is 0 Å². The molecule has 1 aliphatic rings. The number of carboxylic acid groups (broad SMARTS) is 1. The predicted octanol–water partition coefficient (Wildman–Crippen LogP) is 1.33. The molecule has 1 atom stereocenters. The lowest BCUT2D eigenvalue weighted by Crippen LogP contribution is -2.26. The Kier molecular flexibility index (Phi) is 3.43. The summed E-state index contributed by atoms with van der Waals surface area (Å²) in [6, 6.07) is 3.34. The fraction of sp³-hybridized carbons (Fsp3) is 0.273. The average molecular weight is 282 g/mol. The maximum Gasteiger partial charge on any atom is 0.337 e. The number of rotatable bonds is 3. The van der Waals surface area contributed by atoms with E-state index in [1.54, 1.807) is 0 Å². The number of nitrogens with zero attached hydrogens (tertiary/aromatic N) is 2. The number of carbonyl (C=O) groups is 2. The van der Waals surface area contributed by atoms with E-state index in [1.807, 2.05) is 0 Å². The Morgan fingerprint density at radius 2 is 2.21 bits per heavy atom. The van der Waals surface area contributed by atoms with E-state index in [1.165, 1.54) is 4.90 Å². The molecule has 1 fully saturated rings. The molecule has 0 spiro atoms. The number of thiol groups is 1. The Balaban J connectivity index is 2.52. The SMILES string of the molecule is O=C(O)c1ccc([N+](=O)[O-])cc1N1CC(S)CC1=O. The first kappa shape index (κ1) is 13.3. The van der Waals surface area contributed by atoms with Crippen LogP contribution in [-0.4, -0.2) is 33.7 Å². The van der Waals surface area contributed by atoms with Crippen LogP contribution in [0.3, 0.4) is 0 Å². The van der Waals surface area contributed by atoms with E-state index >= 15 is 0 Å². The zero-order valence-electron chi connectivity index (χ0n) is 9.65. The van der Waals surface area contributed by atoms with Crippen LogP contribution in [0, 0.1) is 10.1 Å². The highest BCUT2D eigenvalue weighted by Crippen LogP contribution is 2.30. The van der Waals surface area contributed by atoms with Crippen LogP contribution in [0.4, 0.5) is 11.4 Å². The molecular formula is C11H10N2O5S. The minimum Gasteiger partial charge on any atom is -0.478 e. The normalized spacial score (nSPS) is 18.7. The van der Waals surface area contributed by atoms with Crippen molar-refractivity contribution in [1.29, 1.82) is 0 Å². The number of nitro benzene ring substituents is 1. The number of nitro groups is 1. The fourth-order valence-electron chi connectivity index (χ4n) is 1.96. The lowest BCUT2D eigenvalue weighted by molar-refractivity contribution is -0.384. The van der Waals surface area contributed by atoms with Gasteiger partial charge in [-0.25, -0.2) is 4.79 Å². The lowest BCUT2D eigenvalue weighted by atomic mass is 10.1. The molecule has 0 radical (unpaired) electrons. The fourth-order valence-corrected chi connectivity index (χ4v) is 2.28. The number of non-ortho nitro benzene ring substituents is 1. The first-order valence-electron chi connectivity index (χ1n) is 5.40. The summed E-state index contributed by atoms with van der Waals surface area (Å²) in [5.41, 5.74) is -0.347. The van der Waals surface area contributed by atoms with Gasteiger partial charge in [0.1, 0.15) is 0 Å². The minimum atomic E-state index is -1.24. The van der Waals surface area contributed by atoms with Crippen molar-refractivity contribution < 1.29 is 19.6 Å². The van der Waals surface area contributed by atoms with Gasteiger partial charge in [0.2, 0.25) is 5.91 Å². The van der Waals surface area contributed by atoms with Crippen LogP contribution in [0.2, 0.25) is 0 Å². The Bertz CT molecular complexity index is 574. The summed E-state index contributed by atoms with van der Waals surface area (Å²) in [7, 11) is 0. The zero-order valence-corrected chi connectivity index (χ0v) is 10.5. The van der Waals surface area contributed by atoms with Crippen molar-refractivity contribution in [3.8, 4) is 0 Å². The van der Waals surface area contributed by atoms with Crippen LogP contribution < -0.4 is 4.90 Å². The molecule has 8 heteroatoms. The molecule has 1 saturated heterocycles. The van der Waals surface area contributed by atoms with Crippen molar-refractivity contribution in [2.24, 2.45) is 0 Å². The highest BCUT2D eigenvalue weighted by Gasteiger charge is 2.32. The molecule has 0 saturated carbocycles. The van der Waals surface area contributed by atoms with E-state index in [4.69, 9.17) is 5.11 Å². The Morgan fingerprint density at radius 3 is 2.68 bits per heavy atom. The van der Waals surface area contributed by atoms with Gasteiger partial charge in [-0.2, -0.15) is 12.6 Å². The maximum absolute atomic E-state index is 11.8. The molecule has 1 amide bonds. The minimum absolute atomic E-state index is 0.0447. The van der Waals surface area contributed by atoms with Crippen LogP contribution in [0.1, 0.15) is 16.8 Å². The molecule has 0 bridgehead atoms. The van der Waals surface area contributed by atoms with E-state index in [9.17, 15) is 19.7 Å². The molecule has 1 unspecified atom stereocenters. The van der Waals surface area contributed by atoms with Crippen molar-refractivity contribution in [3.05, 3.63) is 33.9 Å². The Hall–Kier alpha value is -2.09. The molecule has 1 aliphatic heterocycles. The van der Waals surface area contributed by atoms with Gasteiger partial charge < -0.3 is 10.0 Å². The van der Waals surface area contributed by atoms with Gasteiger partial charge >= 0.3 is 5.97 Å². The van der Waals surface area contributed by atoms with Crippen LogP contribution in [0.15, 0.2) is 18.2 Å². The largest absolute Gasteiger partial charge is 0.478 e. The van der Waals surface area contributed by atoms with Gasteiger partial charge in [-0.3, -0.25) is 14.9 Å². The van der Waals surface area contributed by atoms with Crippen LogP contribution in [0.25, 0.3) is 0 Å². The predicted molar refractivity (Wildman–Crippen MR) is 69.8 cm³/mol. The number of carbonyl (C=O) groups excluding carboxylic acids is 1. The molecule has 2 rings (SSSR count). The van der Waals surface area contributed by atoms with Crippen LogP contribution >= 0.6 is 12.6 Å². The molecule has 7 nitrogen and oxygen atoms in total. The average Bonchev–Trinajstić information content (AvgIpc) is 2.67. The van der Waals surface area contributed by atoms with Crippen LogP contribution in [0.5, 0.6) is 0 Å².